The van der Waals surface area contributed by atoms with Crippen molar-refractivity contribution in [2.75, 3.05) is 26.3 Å². The number of hydrogen-bond donors (Lipinski definition) is 0. The second-order valence-corrected chi connectivity index (χ2v) is 7.19. The van der Waals surface area contributed by atoms with Crippen molar-refractivity contribution >= 4 is 51.2 Å². The van der Waals surface area contributed by atoms with Crippen molar-refractivity contribution in [3.63, 3.8) is 0 Å². The van der Waals surface area contributed by atoms with Crippen LogP contribution in [-0.2, 0) is 9.53 Å². The number of fused-ring (bicyclic) bond motifs is 1. The van der Waals surface area contributed by atoms with Gasteiger partial charge in [-0.25, -0.2) is 10.0 Å². The van der Waals surface area contributed by atoms with Gasteiger partial charge in [0.2, 0.25) is 0 Å². The Morgan fingerprint density at radius 1 is 1.25 bits per heavy atom. The Balaban J connectivity index is 1.62. The molecule has 0 saturated carbocycles. The van der Waals surface area contributed by atoms with Crippen molar-refractivity contribution in [2.24, 2.45) is 0 Å². The molecule has 4 rings (SSSR count). The standard InChI is InChI=1S/C17H15N3O2S2/c21-16-15(24-17(23)20(16)19-6-8-22-9-7-19)11-12-3-4-14-13(10-12)2-1-5-18-14/h1-5,10-11H,6-9H2/b15-11+. The number of aromatic nitrogens is 1. The summed E-state index contributed by atoms with van der Waals surface area (Å²) in [5, 5.41) is 4.62. The van der Waals surface area contributed by atoms with Crippen molar-refractivity contribution in [2.45, 2.75) is 0 Å². The Kier molecular flexibility index (Phi) is 4.32. The van der Waals surface area contributed by atoms with Gasteiger partial charge in [0.25, 0.3) is 5.91 Å². The molecule has 0 unspecified atom stereocenters. The van der Waals surface area contributed by atoms with Crippen LogP contribution in [-0.4, -0.2) is 51.5 Å². The third kappa shape index (κ3) is 2.95. The van der Waals surface area contributed by atoms with Crippen LogP contribution in [0.25, 0.3) is 17.0 Å². The molecule has 3 heterocycles. The highest BCUT2D eigenvalue weighted by Crippen LogP contribution is 2.34. The van der Waals surface area contributed by atoms with E-state index >= 15 is 0 Å². The molecule has 7 heteroatoms. The van der Waals surface area contributed by atoms with Gasteiger partial charge in [-0.1, -0.05) is 36.1 Å². The maximum absolute atomic E-state index is 12.7. The second-order valence-electron chi connectivity index (χ2n) is 5.52. The lowest BCUT2D eigenvalue weighted by Gasteiger charge is -2.33. The molecule has 0 radical (unpaired) electrons. The van der Waals surface area contributed by atoms with Gasteiger partial charge in [-0.2, -0.15) is 0 Å². The van der Waals surface area contributed by atoms with Gasteiger partial charge >= 0.3 is 0 Å². The van der Waals surface area contributed by atoms with E-state index in [0.29, 0.717) is 35.5 Å². The molecule has 2 aromatic rings. The van der Waals surface area contributed by atoms with E-state index < -0.39 is 0 Å². The van der Waals surface area contributed by atoms with Gasteiger partial charge in [0.15, 0.2) is 4.32 Å². The summed E-state index contributed by atoms with van der Waals surface area (Å²) in [5.41, 5.74) is 1.91. The van der Waals surface area contributed by atoms with Gasteiger partial charge in [0.1, 0.15) is 0 Å². The number of amides is 1. The molecule has 0 N–H and O–H groups in total. The lowest BCUT2D eigenvalue weighted by Crippen LogP contribution is -2.50. The number of rotatable bonds is 2. The summed E-state index contributed by atoms with van der Waals surface area (Å²) in [6.07, 6.45) is 3.67. The molecule has 0 spiro atoms. The average molecular weight is 357 g/mol. The summed E-state index contributed by atoms with van der Waals surface area (Å²) in [6, 6.07) is 9.88. The van der Waals surface area contributed by atoms with Crippen molar-refractivity contribution in [3.8, 4) is 0 Å². The minimum atomic E-state index is -0.0572. The van der Waals surface area contributed by atoms with Crippen molar-refractivity contribution in [1.82, 2.24) is 15.0 Å². The summed E-state index contributed by atoms with van der Waals surface area (Å²) >= 11 is 6.75. The number of thioether (sulfide) groups is 1. The van der Waals surface area contributed by atoms with Gasteiger partial charge in [-0.3, -0.25) is 9.78 Å². The van der Waals surface area contributed by atoms with E-state index in [2.05, 4.69) is 4.98 Å². The molecule has 2 aliphatic rings. The number of pyridine rings is 1. The molecular weight excluding hydrogens is 342 g/mol. The Morgan fingerprint density at radius 3 is 2.92 bits per heavy atom. The number of hydrazine groups is 1. The molecule has 2 fully saturated rings. The van der Waals surface area contributed by atoms with Gasteiger partial charge in [-0.15, -0.1) is 0 Å². The summed E-state index contributed by atoms with van der Waals surface area (Å²) in [6.45, 7) is 2.60. The molecule has 2 saturated heterocycles. The first-order chi connectivity index (χ1) is 11.7. The number of carbonyl (C=O) groups is 1. The predicted molar refractivity (Wildman–Crippen MR) is 99.1 cm³/mol. The fourth-order valence-corrected chi connectivity index (χ4v) is 4.10. The van der Waals surface area contributed by atoms with Crippen LogP contribution in [0.5, 0.6) is 0 Å². The number of hydrogen-bond acceptors (Lipinski definition) is 6. The molecule has 0 bridgehead atoms. The number of ether oxygens (including phenoxy) is 1. The van der Waals surface area contributed by atoms with Gasteiger partial charge in [-0.05, 0) is 29.8 Å². The topological polar surface area (TPSA) is 45.7 Å². The minimum Gasteiger partial charge on any atom is -0.379 e. The van der Waals surface area contributed by atoms with Crippen LogP contribution in [0.2, 0.25) is 0 Å². The first-order valence-electron chi connectivity index (χ1n) is 7.68. The predicted octanol–water partition coefficient (Wildman–Crippen LogP) is 2.68. The van der Waals surface area contributed by atoms with Crippen LogP contribution < -0.4 is 0 Å². The van der Waals surface area contributed by atoms with Crippen molar-refractivity contribution in [3.05, 3.63) is 47.0 Å². The van der Waals surface area contributed by atoms with E-state index in [1.807, 2.05) is 41.4 Å². The molecule has 0 aliphatic carbocycles. The van der Waals surface area contributed by atoms with E-state index in [1.165, 1.54) is 11.8 Å². The number of nitrogens with zero attached hydrogens (tertiary/aromatic N) is 3. The quantitative estimate of drug-likeness (QED) is 0.608. The third-order valence-electron chi connectivity index (χ3n) is 3.97. The van der Waals surface area contributed by atoms with Gasteiger partial charge in [0.05, 0.1) is 23.6 Å². The maximum atomic E-state index is 12.7. The zero-order chi connectivity index (χ0) is 16.5. The average Bonchev–Trinajstić information content (AvgIpc) is 2.89. The van der Waals surface area contributed by atoms with E-state index in [-0.39, 0.29) is 5.91 Å². The lowest BCUT2D eigenvalue weighted by molar-refractivity contribution is -0.138. The smallest absolute Gasteiger partial charge is 0.280 e. The van der Waals surface area contributed by atoms with Crippen LogP contribution in [0.15, 0.2) is 41.4 Å². The van der Waals surface area contributed by atoms with Gasteiger partial charge < -0.3 is 4.74 Å². The van der Waals surface area contributed by atoms with E-state index in [9.17, 15) is 4.79 Å². The number of carbonyl (C=O) groups excluding carboxylic acids is 1. The Bertz CT molecular complexity index is 847. The zero-order valence-corrected chi connectivity index (χ0v) is 14.5. The summed E-state index contributed by atoms with van der Waals surface area (Å²) in [5.74, 6) is -0.0572. The highest BCUT2D eigenvalue weighted by atomic mass is 32.2. The molecule has 1 amide bonds. The first-order valence-corrected chi connectivity index (χ1v) is 8.90. The number of morpholine rings is 1. The Morgan fingerprint density at radius 2 is 2.08 bits per heavy atom. The highest BCUT2D eigenvalue weighted by molar-refractivity contribution is 8.26. The van der Waals surface area contributed by atoms with Crippen LogP contribution in [0.3, 0.4) is 0 Å². The number of benzene rings is 1. The van der Waals surface area contributed by atoms with Gasteiger partial charge in [0, 0.05) is 24.7 Å². The summed E-state index contributed by atoms with van der Waals surface area (Å²) in [4.78, 5) is 17.7. The van der Waals surface area contributed by atoms with E-state index in [4.69, 9.17) is 17.0 Å². The maximum Gasteiger partial charge on any atom is 0.280 e. The first kappa shape index (κ1) is 15.7. The minimum absolute atomic E-state index is 0.0572. The second kappa shape index (κ2) is 6.60. The molecule has 2 aliphatic heterocycles. The van der Waals surface area contributed by atoms with Crippen LogP contribution in [0.1, 0.15) is 5.56 Å². The van der Waals surface area contributed by atoms with Crippen LogP contribution in [0.4, 0.5) is 0 Å². The van der Waals surface area contributed by atoms with Crippen molar-refractivity contribution in [1.29, 1.82) is 0 Å². The summed E-state index contributed by atoms with van der Waals surface area (Å²) < 4.78 is 5.92. The molecule has 122 valence electrons. The lowest BCUT2D eigenvalue weighted by atomic mass is 10.1. The zero-order valence-electron chi connectivity index (χ0n) is 12.8. The third-order valence-corrected chi connectivity index (χ3v) is 5.25. The van der Waals surface area contributed by atoms with Crippen molar-refractivity contribution < 1.29 is 9.53 Å². The monoisotopic (exact) mass is 357 g/mol. The molecule has 1 aromatic carbocycles. The number of thiocarbonyl (C=S) groups is 1. The fourth-order valence-electron chi connectivity index (χ4n) is 2.79. The van der Waals surface area contributed by atoms with E-state index in [1.54, 1.807) is 11.2 Å². The Hall–Kier alpha value is -1.80. The molecule has 0 atom stereocenters. The SMILES string of the molecule is O=C1/C(=C\c2ccc3ncccc3c2)SC(=S)N1N1CCOCC1. The van der Waals surface area contributed by atoms with Crippen LogP contribution in [0, 0.1) is 0 Å². The fraction of sp³-hybridized carbons (Fsp3) is 0.235. The molecule has 24 heavy (non-hydrogen) atoms. The molecule has 1 aromatic heterocycles. The van der Waals surface area contributed by atoms with E-state index in [0.717, 1.165) is 16.5 Å². The Labute approximate surface area is 149 Å². The summed E-state index contributed by atoms with van der Waals surface area (Å²) in [7, 11) is 0. The largest absolute Gasteiger partial charge is 0.379 e. The highest BCUT2D eigenvalue weighted by Gasteiger charge is 2.36. The molecule has 5 nitrogen and oxygen atoms in total. The van der Waals surface area contributed by atoms with Crippen LogP contribution >= 0.6 is 24.0 Å². The molecular formula is C17H15N3O2S2. The normalized spacial score (nSPS) is 21.2.